The molecule has 2 aromatic rings. The molecule has 0 saturated heterocycles. The molecule has 0 radical (unpaired) electrons. The number of hydrogen-bond donors (Lipinski definition) is 0. The van der Waals surface area contributed by atoms with Crippen molar-refractivity contribution in [3.63, 3.8) is 0 Å². The molecule has 0 amide bonds. The molecule has 0 atom stereocenters. The Kier molecular flexibility index (Phi) is 1.91. The van der Waals surface area contributed by atoms with Gasteiger partial charge in [-0.15, -0.1) is 0 Å². The fourth-order valence-corrected chi connectivity index (χ4v) is 2.70. The molecule has 1 heteroatoms. The fraction of sp³-hybridized carbons (Fsp3) is 0.143. The van der Waals surface area contributed by atoms with Gasteiger partial charge in [-0.2, -0.15) is 0 Å². The Bertz CT molecular complexity index is 457. The van der Waals surface area contributed by atoms with Gasteiger partial charge in [0.05, 0.1) is 0 Å². The van der Waals surface area contributed by atoms with E-state index in [-0.39, 0.29) is 0 Å². The Morgan fingerprint density at radius 2 is 1.27 bits per heavy atom. The summed E-state index contributed by atoms with van der Waals surface area (Å²) in [6.45, 7) is 2.88. The summed E-state index contributed by atoms with van der Waals surface area (Å²) in [6, 6.07) is 17.6. The third-order valence-corrected chi connectivity index (χ3v) is 3.37. The van der Waals surface area contributed by atoms with Crippen LogP contribution in [0.4, 0.5) is 0 Å². The number of hydrogen-bond acceptors (Lipinski definition) is 0. The van der Waals surface area contributed by atoms with E-state index in [1.807, 2.05) is 0 Å². The first-order chi connectivity index (χ1) is 7.42. The van der Waals surface area contributed by atoms with Gasteiger partial charge < -0.3 is 0 Å². The van der Waals surface area contributed by atoms with Gasteiger partial charge in [0.15, 0.2) is 0 Å². The van der Waals surface area contributed by atoms with E-state index in [0.717, 1.165) is 0 Å². The van der Waals surface area contributed by atoms with Crippen LogP contribution in [0.3, 0.4) is 0 Å². The topological polar surface area (TPSA) is 0 Å². The zero-order chi connectivity index (χ0) is 10.3. The van der Waals surface area contributed by atoms with Crippen molar-refractivity contribution in [3.8, 4) is 11.1 Å². The van der Waals surface area contributed by atoms with E-state index >= 15 is 0 Å². The standard InChI is InChI=1S/C14H13B/c1-2-15-13-9-5-3-7-11(13)12-8-4-6-10-14(12)15/h3-10H,2H2,1H3. The minimum absolute atomic E-state index is 0.609. The number of fused-ring (bicyclic) bond motifs is 3. The molecule has 0 fully saturated rings. The molecule has 0 bridgehead atoms. The van der Waals surface area contributed by atoms with Gasteiger partial charge in [-0.3, -0.25) is 0 Å². The second kappa shape index (κ2) is 3.27. The molecule has 1 aliphatic rings. The SMILES string of the molecule is CCB1c2ccccc2-c2ccccc21. The summed E-state index contributed by atoms with van der Waals surface area (Å²) in [4.78, 5) is 0. The molecular weight excluding hydrogens is 179 g/mol. The van der Waals surface area contributed by atoms with Gasteiger partial charge in [-0.05, 0) is 11.1 Å². The van der Waals surface area contributed by atoms with Crippen LogP contribution in [0, 0.1) is 0 Å². The van der Waals surface area contributed by atoms with Gasteiger partial charge in [0.1, 0.15) is 0 Å². The molecule has 1 aliphatic heterocycles. The average molecular weight is 192 g/mol. The lowest BCUT2D eigenvalue weighted by Gasteiger charge is -2.05. The van der Waals surface area contributed by atoms with E-state index in [1.54, 1.807) is 0 Å². The molecule has 0 unspecified atom stereocenters. The van der Waals surface area contributed by atoms with Crippen LogP contribution in [-0.2, 0) is 0 Å². The molecular formula is C14H13B. The Hall–Kier alpha value is -1.50. The summed E-state index contributed by atoms with van der Waals surface area (Å²) < 4.78 is 0. The van der Waals surface area contributed by atoms with Gasteiger partial charge in [-0.25, -0.2) is 0 Å². The van der Waals surface area contributed by atoms with Crippen LogP contribution in [0.25, 0.3) is 11.1 Å². The van der Waals surface area contributed by atoms with Crippen molar-refractivity contribution < 1.29 is 0 Å². The third-order valence-electron chi connectivity index (χ3n) is 3.37. The maximum absolute atomic E-state index is 2.27. The summed E-state index contributed by atoms with van der Waals surface area (Å²) >= 11 is 0. The van der Waals surface area contributed by atoms with Gasteiger partial charge in [-0.1, -0.05) is 72.7 Å². The van der Waals surface area contributed by atoms with Crippen molar-refractivity contribution >= 4 is 17.6 Å². The quantitative estimate of drug-likeness (QED) is 0.608. The summed E-state index contributed by atoms with van der Waals surface area (Å²) in [7, 11) is 0. The molecule has 0 aromatic heterocycles. The molecule has 1 heterocycles. The van der Waals surface area contributed by atoms with E-state index < -0.39 is 0 Å². The maximum Gasteiger partial charge on any atom is 0.210 e. The van der Waals surface area contributed by atoms with Crippen molar-refractivity contribution in [1.82, 2.24) is 0 Å². The van der Waals surface area contributed by atoms with Crippen LogP contribution in [0.5, 0.6) is 0 Å². The predicted molar refractivity (Wildman–Crippen MR) is 67.4 cm³/mol. The maximum atomic E-state index is 2.27. The zero-order valence-electron chi connectivity index (χ0n) is 8.90. The predicted octanol–water partition coefficient (Wildman–Crippen LogP) is 2.30. The summed E-state index contributed by atoms with van der Waals surface area (Å²) in [5.74, 6) is 0. The van der Waals surface area contributed by atoms with Crippen LogP contribution < -0.4 is 10.9 Å². The van der Waals surface area contributed by atoms with Crippen LogP contribution >= 0.6 is 0 Å². The number of benzene rings is 2. The second-order valence-electron chi connectivity index (χ2n) is 4.14. The van der Waals surface area contributed by atoms with Crippen molar-refractivity contribution in [2.24, 2.45) is 0 Å². The van der Waals surface area contributed by atoms with Crippen molar-refractivity contribution in [1.29, 1.82) is 0 Å². The van der Waals surface area contributed by atoms with Gasteiger partial charge in [0.25, 0.3) is 0 Å². The normalized spacial score (nSPS) is 12.5. The van der Waals surface area contributed by atoms with Crippen molar-refractivity contribution in [2.45, 2.75) is 13.2 Å². The van der Waals surface area contributed by atoms with Crippen LogP contribution in [0.1, 0.15) is 6.92 Å². The Balaban J connectivity index is 2.31. The van der Waals surface area contributed by atoms with E-state index in [4.69, 9.17) is 0 Å². The first-order valence-corrected chi connectivity index (χ1v) is 5.60. The minimum Gasteiger partial charge on any atom is -0.0712 e. The largest absolute Gasteiger partial charge is 0.210 e. The Morgan fingerprint density at radius 3 is 1.73 bits per heavy atom. The van der Waals surface area contributed by atoms with E-state index in [0.29, 0.717) is 6.71 Å². The smallest absolute Gasteiger partial charge is 0.0712 e. The van der Waals surface area contributed by atoms with Gasteiger partial charge >= 0.3 is 0 Å². The summed E-state index contributed by atoms with van der Waals surface area (Å²) in [5.41, 5.74) is 5.86. The lowest BCUT2D eigenvalue weighted by molar-refractivity contribution is 1.44. The molecule has 0 N–H and O–H groups in total. The first kappa shape index (κ1) is 8.78. The molecule has 0 aliphatic carbocycles. The van der Waals surface area contributed by atoms with Crippen molar-refractivity contribution in [2.75, 3.05) is 0 Å². The highest BCUT2D eigenvalue weighted by atomic mass is 14.1. The summed E-state index contributed by atoms with van der Waals surface area (Å²) in [6.07, 6.45) is 1.19. The molecule has 0 nitrogen and oxygen atoms in total. The molecule has 2 aromatic carbocycles. The van der Waals surface area contributed by atoms with Crippen LogP contribution in [0.2, 0.25) is 6.32 Å². The lowest BCUT2D eigenvalue weighted by atomic mass is 9.41. The highest BCUT2D eigenvalue weighted by molar-refractivity contribution is 6.89. The zero-order valence-corrected chi connectivity index (χ0v) is 8.90. The monoisotopic (exact) mass is 192 g/mol. The van der Waals surface area contributed by atoms with Gasteiger partial charge in [0.2, 0.25) is 6.71 Å². The molecule has 0 saturated carbocycles. The first-order valence-electron chi connectivity index (χ1n) is 5.60. The van der Waals surface area contributed by atoms with Crippen molar-refractivity contribution in [3.05, 3.63) is 48.5 Å². The molecule has 3 rings (SSSR count). The minimum atomic E-state index is 0.609. The molecule has 72 valence electrons. The Morgan fingerprint density at radius 1 is 0.800 bits per heavy atom. The van der Waals surface area contributed by atoms with Crippen LogP contribution in [0.15, 0.2) is 48.5 Å². The second-order valence-corrected chi connectivity index (χ2v) is 4.14. The Labute approximate surface area is 91.0 Å². The van der Waals surface area contributed by atoms with E-state index in [2.05, 4.69) is 55.5 Å². The summed E-state index contributed by atoms with van der Waals surface area (Å²) in [5, 5.41) is 0. The average Bonchev–Trinajstić information content (AvgIpc) is 2.63. The highest BCUT2D eigenvalue weighted by Crippen LogP contribution is 2.23. The van der Waals surface area contributed by atoms with E-state index in [1.165, 1.54) is 28.4 Å². The lowest BCUT2D eigenvalue weighted by Crippen LogP contribution is -2.36. The molecule has 15 heavy (non-hydrogen) atoms. The third kappa shape index (κ3) is 1.16. The fourth-order valence-electron chi connectivity index (χ4n) is 2.70. The van der Waals surface area contributed by atoms with E-state index in [9.17, 15) is 0 Å². The van der Waals surface area contributed by atoms with Gasteiger partial charge in [0, 0.05) is 0 Å². The highest BCUT2D eigenvalue weighted by Gasteiger charge is 2.29. The van der Waals surface area contributed by atoms with Crippen LogP contribution in [-0.4, -0.2) is 6.71 Å². The number of rotatable bonds is 1. The molecule has 0 spiro atoms.